The van der Waals surface area contributed by atoms with Crippen molar-refractivity contribution in [1.82, 2.24) is 20.8 Å². The fraction of sp³-hybridized carbons (Fsp3) is 0.118. The van der Waals surface area contributed by atoms with E-state index in [-0.39, 0.29) is 5.91 Å². The van der Waals surface area contributed by atoms with E-state index < -0.39 is 0 Å². The standard InChI is InChI=1S/C17H17N5O/c1-13-16(19-21-18-13)17(23)20-22(15-10-6-3-7-11-15)12-14-8-4-2-5-9-14/h2-11H,12H2,1H3,(H,20,23)(H,18,19,21). The predicted octanol–water partition coefficient (Wildman–Crippen LogP) is 2.46. The van der Waals surface area contributed by atoms with E-state index in [0.29, 0.717) is 17.9 Å². The Morgan fingerprint density at radius 1 is 1.04 bits per heavy atom. The van der Waals surface area contributed by atoms with Gasteiger partial charge in [0.1, 0.15) is 0 Å². The van der Waals surface area contributed by atoms with Crippen LogP contribution in [-0.2, 0) is 6.54 Å². The van der Waals surface area contributed by atoms with Crippen molar-refractivity contribution >= 4 is 11.6 Å². The van der Waals surface area contributed by atoms with Crippen molar-refractivity contribution in [1.29, 1.82) is 0 Å². The van der Waals surface area contributed by atoms with Gasteiger partial charge in [0.2, 0.25) is 0 Å². The van der Waals surface area contributed by atoms with Gasteiger partial charge in [-0.05, 0) is 24.6 Å². The SMILES string of the molecule is Cc1n[nH]nc1C(=O)NN(Cc1ccccc1)c1ccccc1. The van der Waals surface area contributed by atoms with Crippen LogP contribution in [0.5, 0.6) is 0 Å². The van der Waals surface area contributed by atoms with Gasteiger partial charge in [-0.25, -0.2) is 0 Å². The van der Waals surface area contributed by atoms with E-state index in [1.54, 1.807) is 11.9 Å². The van der Waals surface area contributed by atoms with Crippen molar-refractivity contribution < 1.29 is 4.79 Å². The minimum atomic E-state index is -0.295. The minimum absolute atomic E-state index is 0.291. The van der Waals surface area contributed by atoms with Crippen LogP contribution in [0.1, 0.15) is 21.7 Å². The zero-order valence-corrected chi connectivity index (χ0v) is 12.7. The second-order valence-electron chi connectivity index (χ2n) is 5.11. The van der Waals surface area contributed by atoms with Gasteiger partial charge in [-0.1, -0.05) is 48.5 Å². The molecule has 0 aliphatic heterocycles. The number of rotatable bonds is 5. The van der Waals surface area contributed by atoms with E-state index in [4.69, 9.17) is 0 Å². The van der Waals surface area contributed by atoms with Crippen molar-refractivity contribution in [2.45, 2.75) is 13.5 Å². The number of carbonyl (C=O) groups is 1. The fourth-order valence-corrected chi connectivity index (χ4v) is 2.24. The maximum absolute atomic E-state index is 12.4. The lowest BCUT2D eigenvalue weighted by atomic mass is 10.2. The molecule has 0 aliphatic rings. The third-order valence-electron chi connectivity index (χ3n) is 3.43. The number of carbonyl (C=O) groups excluding carboxylic acids is 1. The smallest absolute Gasteiger partial charge is 0.281 e. The molecule has 1 heterocycles. The molecule has 0 spiro atoms. The molecule has 3 rings (SSSR count). The molecule has 1 aromatic heterocycles. The molecule has 23 heavy (non-hydrogen) atoms. The van der Waals surface area contributed by atoms with E-state index in [1.807, 2.05) is 60.7 Å². The van der Waals surface area contributed by atoms with Gasteiger partial charge in [0, 0.05) is 0 Å². The van der Waals surface area contributed by atoms with Crippen LogP contribution in [0.4, 0.5) is 5.69 Å². The van der Waals surface area contributed by atoms with Crippen LogP contribution >= 0.6 is 0 Å². The molecule has 1 amide bonds. The van der Waals surface area contributed by atoms with Crippen molar-refractivity contribution in [3.8, 4) is 0 Å². The van der Waals surface area contributed by atoms with E-state index in [1.165, 1.54) is 0 Å². The van der Waals surface area contributed by atoms with Crippen molar-refractivity contribution in [2.24, 2.45) is 0 Å². The van der Waals surface area contributed by atoms with Crippen LogP contribution in [0.25, 0.3) is 0 Å². The second kappa shape index (κ2) is 6.74. The summed E-state index contributed by atoms with van der Waals surface area (Å²) in [5, 5.41) is 12.0. The van der Waals surface area contributed by atoms with Gasteiger partial charge in [0.25, 0.3) is 5.91 Å². The first kappa shape index (κ1) is 14.8. The minimum Gasteiger partial charge on any atom is -0.281 e. The van der Waals surface area contributed by atoms with Crippen LogP contribution in [0.15, 0.2) is 60.7 Å². The lowest BCUT2D eigenvalue weighted by Gasteiger charge is -2.25. The van der Waals surface area contributed by atoms with E-state index in [2.05, 4.69) is 20.8 Å². The summed E-state index contributed by atoms with van der Waals surface area (Å²) >= 11 is 0. The van der Waals surface area contributed by atoms with Gasteiger partial charge in [-0.3, -0.25) is 15.2 Å². The molecule has 0 fully saturated rings. The molecule has 0 unspecified atom stereocenters. The summed E-state index contributed by atoms with van der Waals surface area (Å²) in [5.41, 5.74) is 5.74. The summed E-state index contributed by atoms with van der Waals surface area (Å²) in [6, 6.07) is 19.6. The number of aromatic nitrogens is 3. The number of amides is 1. The largest absolute Gasteiger partial charge is 0.292 e. The number of hydrazine groups is 1. The number of nitrogens with zero attached hydrogens (tertiary/aromatic N) is 3. The van der Waals surface area contributed by atoms with E-state index >= 15 is 0 Å². The second-order valence-corrected chi connectivity index (χ2v) is 5.11. The lowest BCUT2D eigenvalue weighted by molar-refractivity contribution is 0.0942. The number of aromatic amines is 1. The highest BCUT2D eigenvalue weighted by atomic mass is 16.2. The van der Waals surface area contributed by atoms with Crippen molar-refractivity contribution in [3.63, 3.8) is 0 Å². The van der Waals surface area contributed by atoms with Gasteiger partial charge in [0.15, 0.2) is 5.69 Å². The monoisotopic (exact) mass is 307 g/mol. The molecule has 0 saturated carbocycles. The zero-order chi connectivity index (χ0) is 16.1. The van der Waals surface area contributed by atoms with Crippen LogP contribution in [0.2, 0.25) is 0 Å². The first-order chi connectivity index (χ1) is 11.2. The van der Waals surface area contributed by atoms with E-state index in [9.17, 15) is 4.79 Å². The molecule has 0 saturated heterocycles. The summed E-state index contributed by atoms with van der Waals surface area (Å²) in [4.78, 5) is 12.4. The zero-order valence-electron chi connectivity index (χ0n) is 12.7. The molecule has 0 aliphatic carbocycles. The van der Waals surface area contributed by atoms with Gasteiger partial charge >= 0.3 is 0 Å². The Bertz CT molecular complexity index is 770. The molecule has 116 valence electrons. The molecule has 3 aromatic rings. The Labute approximate surface area is 134 Å². The summed E-state index contributed by atoms with van der Waals surface area (Å²) in [7, 11) is 0. The molecule has 0 radical (unpaired) electrons. The lowest BCUT2D eigenvalue weighted by Crippen LogP contribution is -2.42. The molecule has 6 nitrogen and oxygen atoms in total. The third kappa shape index (κ3) is 3.55. The summed E-state index contributed by atoms with van der Waals surface area (Å²) in [6.45, 7) is 2.29. The molecular weight excluding hydrogens is 290 g/mol. The Hall–Kier alpha value is -3.15. The average Bonchev–Trinajstić information content (AvgIpc) is 3.02. The number of para-hydroxylation sites is 1. The Balaban J connectivity index is 1.83. The number of benzene rings is 2. The number of hydrogen-bond acceptors (Lipinski definition) is 4. The average molecular weight is 307 g/mol. The highest BCUT2D eigenvalue weighted by molar-refractivity contribution is 5.94. The Morgan fingerprint density at radius 3 is 2.30 bits per heavy atom. The van der Waals surface area contributed by atoms with Crippen LogP contribution < -0.4 is 10.4 Å². The fourth-order valence-electron chi connectivity index (χ4n) is 2.24. The maximum Gasteiger partial charge on any atom is 0.292 e. The molecule has 6 heteroatoms. The quantitative estimate of drug-likeness (QED) is 0.710. The Morgan fingerprint density at radius 2 is 1.70 bits per heavy atom. The highest BCUT2D eigenvalue weighted by Crippen LogP contribution is 2.15. The molecule has 0 bridgehead atoms. The van der Waals surface area contributed by atoms with Gasteiger partial charge < -0.3 is 0 Å². The maximum atomic E-state index is 12.4. The van der Waals surface area contributed by atoms with Crippen LogP contribution in [0, 0.1) is 6.92 Å². The number of aryl methyl sites for hydroxylation is 1. The molecule has 2 N–H and O–H groups in total. The molecular formula is C17H17N5O. The molecule has 0 atom stereocenters. The summed E-state index contributed by atoms with van der Waals surface area (Å²) in [5.74, 6) is -0.295. The number of anilines is 1. The highest BCUT2D eigenvalue weighted by Gasteiger charge is 2.17. The summed E-state index contributed by atoms with van der Waals surface area (Å²) < 4.78 is 0. The van der Waals surface area contributed by atoms with Crippen LogP contribution in [0.3, 0.4) is 0 Å². The predicted molar refractivity (Wildman–Crippen MR) is 87.7 cm³/mol. The third-order valence-corrected chi connectivity index (χ3v) is 3.43. The molecule has 2 aromatic carbocycles. The topological polar surface area (TPSA) is 73.9 Å². The summed E-state index contributed by atoms with van der Waals surface area (Å²) in [6.07, 6.45) is 0. The van der Waals surface area contributed by atoms with Crippen molar-refractivity contribution in [3.05, 3.63) is 77.6 Å². The van der Waals surface area contributed by atoms with Gasteiger partial charge in [0.05, 0.1) is 17.9 Å². The number of hydrogen-bond donors (Lipinski definition) is 2. The normalized spacial score (nSPS) is 10.3. The van der Waals surface area contributed by atoms with Crippen LogP contribution in [-0.4, -0.2) is 21.3 Å². The first-order valence-corrected chi connectivity index (χ1v) is 7.29. The van der Waals surface area contributed by atoms with Gasteiger partial charge in [-0.15, -0.1) is 0 Å². The van der Waals surface area contributed by atoms with Crippen molar-refractivity contribution in [2.75, 3.05) is 5.01 Å². The number of H-pyrrole nitrogens is 1. The number of nitrogens with one attached hydrogen (secondary N) is 2. The van der Waals surface area contributed by atoms with Gasteiger partial charge in [-0.2, -0.15) is 15.4 Å². The Kier molecular flexibility index (Phi) is 4.33. The first-order valence-electron chi connectivity index (χ1n) is 7.29. The van der Waals surface area contributed by atoms with E-state index in [0.717, 1.165) is 11.3 Å².